The summed E-state index contributed by atoms with van der Waals surface area (Å²) in [4.78, 5) is 0. The Labute approximate surface area is 94.1 Å². The Morgan fingerprint density at radius 3 is 2.67 bits per heavy atom. The van der Waals surface area contributed by atoms with E-state index in [-0.39, 0.29) is 5.60 Å². The minimum absolute atomic E-state index is 0.0659. The quantitative estimate of drug-likeness (QED) is 0.825. The van der Waals surface area contributed by atoms with Crippen molar-refractivity contribution >= 4 is 11.3 Å². The van der Waals surface area contributed by atoms with Crippen LogP contribution in [-0.4, -0.2) is 30.0 Å². The Morgan fingerprint density at radius 2 is 2.13 bits per heavy atom. The van der Waals surface area contributed by atoms with E-state index in [0.29, 0.717) is 0 Å². The third kappa shape index (κ3) is 2.35. The predicted octanol–water partition coefficient (Wildman–Crippen LogP) is 1.37. The molecule has 0 radical (unpaired) electrons. The molecule has 0 atom stereocenters. The average molecular weight is 227 g/mol. The molecule has 1 aliphatic carbocycles. The highest BCUT2D eigenvalue weighted by molar-refractivity contribution is 7.11. The molecule has 1 heterocycles. The van der Waals surface area contributed by atoms with Gasteiger partial charge >= 0.3 is 0 Å². The van der Waals surface area contributed by atoms with Gasteiger partial charge in [0.15, 0.2) is 0 Å². The van der Waals surface area contributed by atoms with Crippen LogP contribution >= 0.6 is 11.3 Å². The van der Waals surface area contributed by atoms with E-state index < -0.39 is 0 Å². The lowest BCUT2D eigenvalue weighted by atomic mass is 9.78. The summed E-state index contributed by atoms with van der Waals surface area (Å²) in [6.07, 6.45) is 4.51. The number of hydrogen-bond donors (Lipinski definition) is 1. The fraction of sp³-hybridized carbons (Fsp3) is 0.800. The molecule has 0 spiro atoms. The van der Waals surface area contributed by atoms with E-state index in [1.54, 1.807) is 18.4 Å². The molecule has 1 aromatic heterocycles. The van der Waals surface area contributed by atoms with Gasteiger partial charge in [-0.2, -0.15) is 0 Å². The Morgan fingerprint density at radius 1 is 1.40 bits per heavy atom. The zero-order valence-electron chi connectivity index (χ0n) is 9.25. The first kappa shape index (κ1) is 11.0. The predicted molar refractivity (Wildman–Crippen MR) is 60.0 cm³/mol. The van der Waals surface area contributed by atoms with Crippen LogP contribution < -0.4 is 5.32 Å². The molecule has 0 aromatic carbocycles. The Balaban J connectivity index is 1.97. The first-order valence-corrected chi connectivity index (χ1v) is 6.11. The molecule has 1 aromatic rings. The lowest BCUT2D eigenvalue weighted by Crippen LogP contribution is -2.41. The molecule has 1 aliphatic rings. The van der Waals surface area contributed by atoms with Crippen molar-refractivity contribution in [1.82, 2.24) is 15.5 Å². The maximum Gasteiger partial charge on any atom is 0.131 e. The fourth-order valence-electron chi connectivity index (χ4n) is 1.88. The number of hydrogen-bond acceptors (Lipinski definition) is 5. The van der Waals surface area contributed by atoms with Gasteiger partial charge in [0.25, 0.3) is 0 Å². The van der Waals surface area contributed by atoms with Crippen LogP contribution in [0.15, 0.2) is 0 Å². The number of nitrogens with one attached hydrogen (secondary N) is 1. The van der Waals surface area contributed by atoms with Crippen LogP contribution in [-0.2, 0) is 17.7 Å². The summed E-state index contributed by atoms with van der Waals surface area (Å²) in [7, 11) is 3.72. The molecule has 0 bridgehead atoms. The van der Waals surface area contributed by atoms with Crippen molar-refractivity contribution < 1.29 is 4.74 Å². The highest BCUT2D eigenvalue weighted by Gasteiger charge is 2.38. The fourth-order valence-corrected chi connectivity index (χ4v) is 2.87. The van der Waals surface area contributed by atoms with Crippen molar-refractivity contribution in [2.75, 3.05) is 14.2 Å². The van der Waals surface area contributed by atoms with Crippen LogP contribution in [0, 0.1) is 0 Å². The summed E-state index contributed by atoms with van der Waals surface area (Å²) in [5, 5.41) is 13.6. The summed E-state index contributed by atoms with van der Waals surface area (Å²) >= 11 is 1.68. The van der Waals surface area contributed by atoms with E-state index in [0.717, 1.165) is 35.8 Å². The second-order valence-electron chi connectivity index (χ2n) is 4.04. The van der Waals surface area contributed by atoms with Gasteiger partial charge in [-0.05, 0) is 26.3 Å². The maximum absolute atomic E-state index is 5.57. The van der Waals surface area contributed by atoms with Gasteiger partial charge in [0.2, 0.25) is 0 Å². The number of rotatable bonds is 5. The van der Waals surface area contributed by atoms with Crippen LogP contribution in [0.1, 0.15) is 29.3 Å². The van der Waals surface area contributed by atoms with Crippen LogP contribution in [0.2, 0.25) is 0 Å². The first-order valence-electron chi connectivity index (χ1n) is 5.29. The van der Waals surface area contributed by atoms with Crippen LogP contribution in [0.4, 0.5) is 0 Å². The molecular formula is C10H17N3OS. The van der Waals surface area contributed by atoms with Gasteiger partial charge in [0.1, 0.15) is 10.0 Å². The van der Waals surface area contributed by atoms with E-state index in [2.05, 4.69) is 15.5 Å². The topological polar surface area (TPSA) is 47.0 Å². The third-order valence-corrected chi connectivity index (χ3v) is 3.93. The smallest absolute Gasteiger partial charge is 0.131 e. The van der Waals surface area contributed by atoms with Gasteiger partial charge in [-0.3, -0.25) is 0 Å². The average Bonchev–Trinajstić information content (AvgIpc) is 2.60. The van der Waals surface area contributed by atoms with Crippen molar-refractivity contribution in [3.63, 3.8) is 0 Å². The molecular weight excluding hydrogens is 210 g/mol. The molecule has 0 aliphatic heterocycles. The molecule has 1 saturated carbocycles. The summed E-state index contributed by atoms with van der Waals surface area (Å²) in [5.41, 5.74) is 0.0659. The van der Waals surface area contributed by atoms with Gasteiger partial charge in [-0.25, -0.2) is 0 Å². The van der Waals surface area contributed by atoms with Crippen LogP contribution in [0.5, 0.6) is 0 Å². The molecule has 0 amide bonds. The molecule has 15 heavy (non-hydrogen) atoms. The Hall–Kier alpha value is -0.520. The molecule has 4 nitrogen and oxygen atoms in total. The normalized spacial score (nSPS) is 18.8. The van der Waals surface area contributed by atoms with E-state index >= 15 is 0 Å². The number of ether oxygens (including phenoxy) is 1. The molecule has 84 valence electrons. The SMILES string of the molecule is CNCc1nnc(CC2(OC)CCC2)s1. The molecule has 1 N–H and O–H groups in total. The molecule has 1 fully saturated rings. The third-order valence-electron chi connectivity index (χ3n) is 3.01. The standard InChI is InChI=1S/C10H17N3OS/c1-11-7-9-13-12-8(15-9)6-10(14-2)4-3-5-10/h11H,3-7H2,1-2H3. The summed E-state index contributed by atoms with van der Waals surface area (Å²) in [6.45, 7) is 0.803. The second kappa shape index (κ2) is 4.55. The Bertz CT molecular complexity index is 317. The second-order valence-corrected chi connectivity index (χ2v) is 5.18. The monoisotopic (exact) mass is 227 g/mol. The molecule has 2 rings (SSSR count). The summed E-state index contributed by atoms with van der Waals surface area (Å²) < 4.78 is 5.57. The van der Waals surface area contributed by atoms with Crippen LogP contribution in [0.25, 0.3) is 0 Å². The van der Waals surface area contributed by atoms with Gasteiger partial charge in [0.05, 0.1) is 5.60 Å². The van der Waals surface area contributed by atoms with Crippen molar-refractivity contribution in [1.29, 1.82) is 0 Å². The lowest BCUT2D eigenvalue weighted by Gasteiger charge is -2.39. The largest absolute Gasteiger partial charge is 0.378 e. The molecule has 0 unspecified atom stereocenters. The minimum atomic E-state index is 0.0659. The van der Waals surface area contributed by atoms with E-state index in [9.17, 15) is 0 Å². The van der Waals surface area contributed by atoms with Gasteiger partial charge in [-0.1, -0.05) is 0 Å². The van der Waals surface area contributed by atoms with Crippen molar-refractivity contribution in [2.45, 2.75) is 37.8 Å². The van der Waals surface area contributed by atoms with Gasteiger partial charge < -0.3 is 10.1 Å². The lowest BCUT2D eigenvalue weighted by molar-refractivity contribution is -0.0709. The van der Waals surface area contributed by atoms with Gasteiger partial charge in [0, 0.05) is 20.1 Å². The van der Waals surface area contributed by atoms with Crippen LogP contribution in [0.3, 0.4) is 0 Å². The summed E-state index contributed by atoms with van der Waals surface area (Å²) in [5.74, 6) is 0. The van der Waals surface area contributed by atoms with Crippen molar-refractivity contribution in [3.8, 4) is 0 Å². The van der Waals surface area contributed by atoms with Crippen molar-refractivity contribution in [3.05, 3.63) is 10.0 Å². The maximum atomic E-state index is 5.57. The van der Waals surface area contributed by atoms with E-state index in [4.69, 9.17) is 4.74 Å². The highest BCUT2D eigenvalue weighted by Crippen LogP contribution is 2.38. The highest BCUT2D eigenvalue weighted by atomic mass is 32.1. The zero-order chi connectivity index (χ0) is 10.7. The Kier molecular flexibility index (Phi) is 3.33. The first-order chi connectivity index (χ1) is 7.28. The van der Waals surface area contributed by atoms with Crippen molar-refractivity contribution in [2.24, 2.45) is 0 Å². The number of nitrogens with zero attached hydrogens (tertiary/aromatic N) is 2. The van der Waals surface area contributed by atoms with E-state index in [1.165, 1.54) is 6.42 Å². The number of methoxy groups -OCH3 is 1. The number of aromatic nitrogens is 2. The van der Waals surface area contributed by atoms with Gasteiger partial charge in [-0.15, -0.1) is 21.5 Å². The zero-order valence-corrected chi connectivity index (χ0v) is 10.1. The minimum Gasteiger partial charge on any atom is -0.378 e. The molecule has 5 heteroatoms. The van der Waals surface area contributed by atoms with E-state index in [1.807, 2.05) is 7.05 Å². The molecule has 0 saturated heterocycles. The summed E-state index contributed by atoms with van der Waals surface area (Å²) in [6, 6.07) is 0.